The van der Waals surface area contributed by atoms with E-state index in [1.54, 1.807) is 0 Å². The van der Waals surface area contributed by atoms with Gasteiger partial charge in [0.25, 0.3) is 0 Å². The molecule has 1 fully saturated rings. The lowest BCUT2D eigenvalue weighted by atomic mass is 9.84. The molecule has 0 radical (unpaired) electrons. The lowest BCUT2D eigenvalue weighted by Crippen LogP contribution is -2.37. The first-order chi connectivity index (χ1) is 9.54. The molecule has 6 heteroatoms. The summed E-state index contributed by atoms with van der Waals surface area (Å²) in [6.07, 6.45) is 3.12. The summed E-state index contributed by atoms with van der Waals surface area (Å²) in [5.74, 6) is -1.91. The third-order valence-electron chi connectivity index (χ3n) is 3.63. The van der Waals surface area contributed by atoms with Crippen LogP contribution in [-0.4, -0.2) is 17.1 Å². The van der Waals surface area contributed by atoms with E-state index in [9.17, 15) is 14.3 Å². The predicted octanol–water partition coefficient (Wildman–Crippen LogP) is 3.52. The number of hydrogen-bond donors (Lipinski definition) is 2. The number of carboxylic acids is 1. The molecule has 2 unspecified atom stereocenters. The van der Waals surface area contributed by atoms with E-state index >= 15 is 0 Å². The van der Waals surface area contributed by atoms with Gasteiger partial charge in [-0.3, -0.25) is 4.79 Å². The fourth-order valence-corrected chi connectivity index (χ4v) is 2.98. The molecular formula is C14H14BrFN2O2. The summed E-state index contributed by atoms with van der Waals surface area (Å²) in [5.41, 5.74) is 0.445. The van der Waals surface area contributed by atoms with E-state index in [-0.39, 0.29) is 21.8 Å². The van der Waals surface area contributed by atoms with E-state index in [0.29, 0.717) is 12.8 Å². The number of hydrogen-bond acceptors (Lipinski definition) is 3. The van der Waals surface area contributed by atoms with Gasteiger partial charge in [-0.15, -0.1) is 0 Å². The van der Waals surface area contributed by atoms with Crippen LogP contribution in [0.25, 0.3) is 0 Å². The monoisotopic (exact) mass is 340 g/mol. The maximum absolute atomic E-state index is 14.1. The van der Waals surface area contributed by atoms with Crippen molar-refractivity contribution in [3.8, 4) is 6.07 Å². The number of nitrogens with one attached hydrogen (secondary N) is 1. The van der Waals surface area contributed by atoms with E-state index in [1.807, 2.05) is 6.07 Å². The molecule has 1 aliphatic rings. The standard InChI is InChI=1S/C14H14BrFN2O2/c15-12-8(7-17)5-6-11(13(12)16)18-10-4-2-1-3-9(10)14(19)20/h5-6,9-10,18H,1-4H2,(H,19,20). The van der Waals surface area contributed by atoms with Gasteiger partial charge in [0.05, 0.1) is 21.6 Å². The highest BCUT2D eigenvalue weighted by Crippen LogP contribution is 2.31. The summed E-state index contributed by atoms with van der Waals surface area (Å²) in [6.45, 7) is 0. The van der Waals surface area contributed by atoms with Crippen LogP contribution in [-0.2, 0) is 4.79 Å². The SMILES string of the molecule is N#Cc1ccc(NC2CCCCC2C(=O)O)c(F)c1Br. The topological polar surface area (TPSA) is 73.1 Å². The van der Waals surface area contributed by atoms with Crippen LogP contribution in [0.1, 0.15) is 31.2 Å². The van der Waals surface area contributed by atoms with Crippen LogP contribution in [0.3, 0.4) is 0 Å². The van der Waals surface area contributed by atoms with Crippen molar-refractivity contribution in [1.82, 2.24) is 0 Å². The normalized spacial score (nSPS) is 22.1. The van der Waals surface area contributed by atoms with E-state index in [2.05, 4.69) is 21.2 Å². The lowest BCUT2D eigenvalue weighted by Gasteiger charge is -2.30. The zero-order valence-corrected chi connectivity index (χ0v) is 12.3. The minimum atomic E-state index is -0.852. The number of rotatable bonds is 3. The average Bonchev–Trinajstić information content (AvgIpc) is 2.44. The summed E-state index contributed by atoms with van der Waals surface area (Å²) in [7, 11) is 0. The number of nitrogens with zero attached hydrogens (tertiary/aromatic N) is 1. The van der Waals surface area contributed by atoms with Crippen molar-refractivity contribution in [2.24, 2.45) is 5.92 Å². The minimum absolute atomic E-state index is 0.104. The first-order valence-corrected chi connectivity index (χ1v) is 7.21. The van der Waals surface area contributed by atoms with E-state index in [0.717, 1.165) is 12.8 Å². The Morgan fingerprint density at radius 2 is 2.15 bits per heavy atom. The molecule has 20 heavy (non-hydrogen) atoms. The lowest BCUT2D eigenvalue weighted by molar-refractivity contribution is -0.143. The number of carbonyl (C=O) groups is 1. The van der Waals surface area contributed by atoms with Gasteiger partial charge >= 0.3 is 5.97 Å². The minimum Gasteiger partial charge on any atom is -0.481 e. The summed E-state index contributed by atoms with van der Waals surface area (Å²) >= 11 is 3.05. The van der Waals surface area contributed by atoms with Crippen LogP contribution in [0, 0.1) is 23.1 Å². The largest absolute Gasteiger partial charge is 0.481 e. The van der Waals surface area contributed by atoms with E-state index in [1.165, 1.54) is 12.1 Å². The van der Waals surface area contributed by atoms with Gasteiger partial charge in [0.15, 0.2) is 5.82 Å². The molecule has 0 saturated heterocycles. The molecule has 0 aromatic heterocycles. The van der Waals surface area contributed by atoms with Crippen molar-refractivity contribution in [3.63, 3.8) is 0 Å². The zero-order valence-electron chi connectivity index (χ0n) is 10.7. The number of halogens is 2. The van der Waals surface area contributed by atoms with Crippen LogP contribution < -0.4 is 5.32 Å². The molecule has 0 aliphatic heterocycles. The van der Waals surface area contributed by atoms with Crippen LogP contribution in [0.5, 0.6) is 0 Å². The summed E-state index contributed by atoms with van der Waals surface area (Å²) in [4.78, 5) is 11.2. The van der Waals surface area contributed by atoms with Crippen LogP contribution in [0.15, 0.2) is 16.6 Å². The maximum Gasteiger partial charge on any atom is 0.308 e. The average molecular weight is 341 g/mol. The van der Waals surface area contributed by atoms with Gasteiger partial charge in [-0.1, -0.05) is 12.8 Å². The second-order valence-corrected chi connectivity index (χ2v) is 5.67. The van der Waals surface area contributed by atoms with Gasteiger partial charge < -0.3 is 10.4 Å². The molecule has 4 nitrogen and oxygen atoms in total. The summed E-state index contributed by atoms with van der Waals surface area (Å²) in [5, 5.41) is 21.0. The molecule has 0 amide bonds. The molecule has 2 rings (SSSR count). The Labute approximate surface area is 124 Å². The highest BCUT2D eigenvalue weighted by atomic mass is 79.9. The Morgan fingerprint density at radius 3 is 2.80 bits per heavy atom. The number of anilines is 1. The van der Waals surface area contributed by atoms with Gasteiger partial charge in [0, 0.05) is 6.04 Å². The quantitative estimate of drug-likeness (QED) is 0.882. The summed E-state index contributed by atoms with van der Waals surface area (Å²) in [6, 6.07) is 4.59. The van der Waals surface area contributed by atoms with Gasteiger partial charge in [-0.2, -0.15) is 5.26 Å². The third-order valence-corrected chi connectivity index (χ3v) is 4.40. The molecule has 1 aromatic rings. The Kier molecular flexibility index (Phi) is 4.61. The van der Waals surface area contributed by atoms with Crippen LogP contribution in [0.2, 0.25) is 0 Å². The molecule has 1 saturated carbocycles. The van der Waals surface area contributed by atoms with Gasteiger partial charge in [0.2, 0.25) is 0 Å². The molecule has 1 aliphatic carbocycles. The van der Waals surface area contributed by atoms with Crippen molar-refractivity contribution >= 4 is 27.6 Å². The van der Waals surface area contributed by atoms with Crippen molar-refractivity contribution in [3.05, 3.63) is 28.0 Å². The first-order valence-electron chi connectivity index (χ1n) is 6.42. The number of nitriles is 1. The van der Waals surface area contributed by atoms with Crippen molar-refractivity contribution in [2.45, 2.75) is 31.7 Å². The van der Waals surface area contributed by atoms with Gasteiger partial charge in [-0.05, 0) is 40.9 Å². The molecule has 106 valence electrons. The fourth-order valence-electron chi connectivity index (χ4n) is 2.55. The van der Waals surface area contributed by atoms with E-state index < -0.39 is 17.7 Å². The van der Waals surface area contributed by atoms with Crippen molar-refractivity contribution in [2.75, 3.05) is 5.32 Å². The molecule has 0 spiro atoms. The Balaban J connectivity index is 2.23. The third kappa shape index (κ3) is 2.93. The van der Waals surface area contributed by atoms with Crippen molar-refractivity contribution in [1.29, 1.82) is 5.26 Å². The maximum atomic E-state index is 14.1. The summed E-state index contributed by atoms with van der Waals surface area (Å²) < 4.78 is 14.2. The second-order valence-electron chi connectivity index (χ2n) is 4.88. The predicted molar refractivity (Wildman–Crippen MR) is 75.8 cm³/mol. The van der Waals surface area contributed by atoms with Crippen LogP contribution >= 0.6 is 15.9 Å². The van der Waals surface area contributed by atoms with Gasteiger partial charge in [-0.25, -0.2) is 4.39 Å². The fraction of sp³-hybridized carbons (Fsp3) is 0.429. The molecule has 1 aromatic carbocycles. The smallest absolute Gasteiger partial charge is 0.308 e. The number of benzene rings is 1. The Hall–Kier alpha value is -1.61. The number of carboxylic acid groups (broad SMARTS) is 1. The molecule has 2 atom stereocenters. The highest BCUT2D eigenvalue weighted by Gasteiger charge is 2.31. The van der Waals surface area contributed by atoms with Gasteiger partial charge in [0.1, 0.15) is 6.07 Å². The van der Waals surface area contributed by atoms with E-state index in [4.69, 9.17) is 5.26 Å². The van der Waals surface area contributed by atoms with Crippen LogP contribution in [0.4, 0.5) is 10.1 Å². The molecule has 0 heterocycles. The Bertz CT molecular complexity index is 571. The highest BCUT2D eigenvalue weighted by molar-refractivity contribution is 9.10. The molecule has 0 bridgehead atoms. The Morgan fingerprint density at radius 1 is 1.45 bits per heavy atom. The first kappa shape index (κ1) is 14.8. The zero-order chi connectivity index (χ0) is 14.7. The molecular weight excluding hydrogens is 327 g/mol. The van der Waals surface area contributed by atoms with Crippen molar-refractivity contribution < 1.29 is 14.3 Å². The second kappa shape index (κ2) is 6.23. The molecule has 2 N–H and O–H groups in total. The number of aliphatic carboxylic acids is 1.